The van der Waals surface area contributed by atoms with Crippen LogP contribution >= 0.6 is 0 Å². The Morgan fingerprint density at radius 3 is 2.65 bits per heavy atom. The van der Waals surface area contributed by atoms with Gasteiger partial charge in [-0.05, 0) is 30.6 Å². The maximum Gasteiger partial charge on any atom is 0.246 e. The molecule has 0 unspecified atom stereocenters. The van der Waals surface area contributed by atoms with E-state index in [9.17, 15) is 4.79 Å². The second kappa shape index (κ2) is 5.48. The van der Waals surface area contributed by atoms with Gasteiger partial charge in [0.15, 0.2) is 0 Å². The number of hydrogen-bond acceptors (Lipinski definition) is 1. The number of benzene rings is 1. The summed E-state index contributed by atoms with van der Waals surface area (Å²) in [5.74, 6) is 0.107. The van der Waals surface area contributed by atoms with Crippen LogP contribution in [-0.2, 0) is 4.79 Å². The topological polar surface area (TPSA) is 20.3 Å². The van der Waals surface area contributed by atoms with Crippen LogP contribution in [0.4, 0.5) is 0 Å². The van der Waals surface area contributed by atoms with Crippen LogP contribution in [0.2, 0.25) is 0 Å². The zero-order valence-electron chi connectivity index (χ0n) is 10.1. The van der Waals surface area contributed by atoms with Gasteiger partial charge in [-0.3, -0.25) is 4.79 Å². The number of nitrogens with zero attached hydrogens (tertiary/aromatic N) is 1. The average Bonchev–Trinajstić information content (AvgIpc) is 2.40. The number of amides is 1. The molecule has 1 heterocycles. The summed E-state index contributed by atoms with van der Waals surface area (Å²) in [5.41, 5.74) is 2.61. The summed E-state index contributed by atoms with van der Waals surface area (Å²) in [6.07, 6.45) is 6.51. The molecule has 0 fully saturated rings. The lowest BCUT2D eigenvalue weighted by Gasteiger charge is -2.25. The van der Waals surface area contributed by atoms with E-state index in [4.69, 9.17) is 0 Å². The first-order valence-corrected chi connectivity index (χ1v) is 5.97. The van der Waals surface area contributed by atoms with Crippen LogP contribution in [0.5, 0.6) is 0 Å². The standard InChI is InChI=1S/C15H17NO/c1-2-6-15(17)16-11-9-14(10-12-16)13-7-4-3-5-8-13/h2-9H,10-12H2,1H3. The van der Waals surface area contributed by atoms with Gasteiger partial charge in [0.1, 0.15) is 0 Å². The van der Waals surface area contributed by atoms with Crippen molar-refractivity contribution >= 4 is 11.5 Å². The van der Waals surface area contributed by atoms with Crippen molar-refractivity contribution in [2.24, 2.45) is 0 Å². The third-order valence-electron chi connectivity index (χ3n) is 2.97. The van der Waals surface area contributed by atoms with Crippen molar-refractivity contribution in [3.8, 4) is 0 Å². The van der Waals surface area contributed by atoms with Gasteiger partial charge in [0, 0.05) is 13.1 Å². The fraction of sp³-hybridized carbons (Fsp3) is 0.267. The van der Waals surface area contributed by atoms with Gasteiger partial charge < -0.3 is 4.90 Å². The Kier molecular flexibility index (Phi) is 3.76. The Morgan fingerprint density at radius 2 is 2.06 bits per heavy atom. The Labute approximate surface area is 102 Å². The molecule has 0 bridgehead atoms. The third-order valence-corrected chi connectivity index (χ3v) is 2.97. The molecule has 1 aliphatic rings. The molecule has 0 saturated heterocycles. The monoisotopic (exact) mass is 227 g/mol. The molecule has 0 atom stereocenters. The molecule has 0 radical (unpaired) electrons. The number of hydrogen-bond donors (Lipinski definition) is 0. The first kappa shape index (κ1) is 11.6. The molecule has 1 aromatic carbocycles. The van der Waals surface area contributed by atoms with Gasteiger partial charge >= 0.3 is 0 Å². The zero-order valence-corrected chi connectivity index (χ0v) is 10.1. The first-order chi connectivity index (χ1) is 8.31. The summed E-state index contributed by atoms with van der Waals surface area (Å²) < 4.78 is 0. The average molecular weight is 227 g/mol. The van der Waals surface area contributed by atoms with E-state index in [1.165, 1.54) is 11.1 Å². The molecular weight excluding hydrogens is 210 g/mol. The molecule has 2 rings (SSSR count). The van der Waals surface area contributed by atoms with Gasteiger partial charge in [-0.2, -0.15) is 0 Å². The summed E-state index contributed by atoms with van der Waals surface area (Å²) in [4.78, 5) is 13.5. The minimum absolute atomic E-state index is 0.107. The number of carbonyl (C=O) groups excluding carboxylic acids is 1. The molecular formula is C15H17NO. The highest BCUT2D eigenvalue weighted by Gasteiger charge is 2.15. The summed E-state index contributed by atoms with van der Waals surface area (Å²) in [5, 5.41) is 0. The molecule has 0 aromatic heterocycles. The van der Waals surface area contributed by atoms with Gasteiger partial charge in [0.2, 0.25) is 5.91 Å². The second-order valence-corrected chi connectivity index (χ2v) is 4.13. The fourth-order valence-electron chi connectivity index (χ4n) is 2.03. The van der Waals surface area contributed by atoms with Crippen molar-refractivity contribution in [2.75, 3.05) is 13.1 Å². The van der Waals surface area contributed by atoms with Crippen LogP contribution in [0.25, 0.3) is 5.57 Å². The molecule has 1 amide bonds. The van der Waals surface area contributed by atoms with Gasteiger partial charge in [0.05, 0.1) is 0 Å². The Hall–Kier alpha value is -1.83. The number of rotatable bonds is 2. The van der Waals surface area contributed by atoms with Crippen LogP contribution in [0.1, 0.15) is 18.9 Å². The summed E-state index contributed by atoms with van der Waals surface area (Å²) in [7, 11) is 0. The second-order valence-electron chi connectivity index (χ2n) is 4.13. The van der Waals surface area contributed by atoms with Crippen LogP contribution < -0.4 is 0 Å². The molecule has 0 spiro atoms. The van der Waals surface area contributed by atoms with E-state index >= 15 is 0 Å². The Morgan fingerprint density at radius 1 is 1.29 bits per heavy atom. The Bertz CT molecular complexity index is 445. The normalized spacial score (nSPS) is 16.1. The van der Waals surface area contributed by atoms with Crippen molar-refractivity contribution in [3.05, 3.63) is 54.1 Å². The van der Waals surface area contributed by atoms with Crippen LogP contribution in [-0.4, -0.2) is 23.9 Å². The van der Waals surface area contributed by atoms with E-state index < -0.39 is 0 Å². The van der Waals surface area contributed by atoms with Crippen molar-refractivity contribution in [1.29, 1.82) is 0 Å². The van der Waals surface area contributed by atoms with E-state index in [0.29, 0.717) is 6.54 Å². The molecule has 1 aliphatic heterocycles. The molecule has 0 saturated carbocycles. The lowest BCUT2D eigenvalue weighted by molar-refractivity contribution is -0.125. The van der Waals surface area contributed by atoms with E-state index in [0.717, 1.165) is 13.0 Å². The highest BCUT2D eigenvalue weighted by molar-refractivity contribution is 5.88. The third kappa shape index (κ3) is 2.84. The minimum atomic E-state index is 0.107. The minimum Gasteiger partial charge on any atom is -0.335 e. The lowest BCUT2D eigenvalue weighted by Crippen LogP contribution is -2.33. The van der Waals surface area contributed by atoms with E-state index in [2.05, 4.69) is 18.2 Å². The SMILES string of the molecule is CC=CC(=O)N1CC=C(c2ccccc2)CC1. The molecule has 88 valence electrons. The maximum absolute atomic E-state index is 11.7. The summed E-state index contributed by atoms with van der Waals surface area (Å²) >= 11 is 0. The number of allylic oxidation sites excluding steroid dienone is 1. The molecule has 2 heteroatoms. The van der Waals surface area contributed by atoms with E-state index in [1.807, 2.05) is 30.0 Å². The quantitative estimate of drug-likeness (QED) is 0.711. The largest absolute Gasteiger partial charge is 0.335 e. The van der Waals surface area contributed by atoms with Crippen molar-refractivity contribution in [3.63, 3.8) is 0 Å². The zero-order chi connectivity index (χ0) is 12.1. The van der Waals surface area contributed by atoms with E-state index in [1.54, 1.807) is 12.2 Å². The van der Waals surface area contributed by atoms with Crippen molar-refractivity contribution in [1.82, 2.24) is 4.90 Å². The highest BCUT2D eigenvalue weighted by atomic mass is 16.2. The fourth-order valence-corrected chi connectivity index (χ4v) is 2.03. The maximum atomic E-state index is 11.7. The lowest BCUT2D eigenvalue weighted by atomic mass is 9.99. The van der Waals surface area contributed by atoms with Gasteiger partial charge in [0.25, 0.3) is 0 Å². The number of carbonyl (C=O) groups is 1. The molecule has 0 aliphatic carbocycles. The van der Waals surface area contributed by atoms with Gasteiger partial charge in [-0.1, -0.05) is 42.5 Å². The van der Waals surface area contributed by atoms with Crippen LogP contribution in [0, 0.1) is 0 Å². The van der Waals surface area contributed by atoms with Crippen LogP contribution in [0.15, 0.2) is 48.6 Å². The predicted octanol–water partition coefficient (Wildman–Crippen LogP) is 2.88. The highest BCUT2D eigenvalue weighted by Crippen LogP contribution is 2.21. The predicted molar refractivity (Wildman–Crippen MR) is 70.4 cm³/mol. The van der Waals surface area contributed by atoms with E-state index in [-0.39, 0.29) is 5.91 Å². The molecule has 0 N–H and O–H groups in total. The molecule has 1 aromatic rings. The summed E-state index contributed by atoms with van der Waals surface area (Å²) in [6.45, 7) is 3.39. The molecule has 2 nitrogen and oxygen atoms in total. The van der Waals surface area contributed by atoms with Crippen molar-refractivity contribution in [2.45, 2.75) is 13.3 Å². The summed E-state index contributed by atoms with van der Waals surface area (Å²) in [6, 6.07) is 10.4. The first-order valence-electron chi connectivity index (χ1n) is 5.97. The smallest absolute Gasteiger partial charge is 0.246 e. The van der Waals surface area contributed by atoms with Crippen molar-refractivity contribution < 1.29 is 4.79 Å². The van der Waals surface area contributed by atoms with Gasteiger partial charge in [-0.25, -0.2) is 0 Å². The van der Waals surface area contributed by atoms with Gasteiger partial charge in [-0.15, -0.1) is 0 Å². The molecule has 17 heavy (non-hydrogen) atoms. The Balaban J connectivity index is 2.05. The van der Waals surface area contributed by atoms with Crippen LogP contribution in [0.3, 0.4) is 0 Å².